The molecule has 0 atom stereocenters. The third-order valence-electron chi connectivity index (χ3n) is 4.92. The molecule has 168 valence electrons. The number of hydrogen-bond acceptors (Lipinski definition) is 6. The van der Waals surface area contributed by atoms with Gasteiger partial charge in [0.05, 0.1) is 0 Å². The molecule has 0 aromatic heterocycles. The van der Waals surface area contributed by atoms with Crippen LogP contribution < -0.4 is 0 Å². The van der Waals surface area contributed by atoms with Crippen LogP contribution in [0, 0.1) is 11.8 Å². The zero-order valence-electron chi connectivity index (χ0n) is 18.0. The summed E-state index contributed by atoms with van der Waals surface area (Å²) in [5.41, 5.74) is 0. The maximum absolute atomic E-state index is 11.0. The average molecular weight is 417 g/mol. The second-order valence-corrected chi connectivity index (χ2v) is 7.78. The Morgan fingerprint density at radius 1 is 0.621 bits per heavy atom. The van der Waals surface area contributed by atoms with E-state index in [0.29, 0.717) is 0 Å². The largest absolute Gasteiger partial charge is 0.481 e. The van der Waals surface area contributed by atoms with Gasteiger partial charge >= 0.3 is 11.9 Å². The highest BCUT2D eigenvalue weighted by Crippen LogP contribution is 2.36. The maximum atomic E-state index is 11.0. The highest BCUT2D eigenvalue weighted by molar-refractivity contribution is 5.66. The fraction of sp³-hybridized carbons (Fsp3) is 0.810. The van der Waals surface area contributed by atoms with E-state index in [-0.39, 0.29) is 24.1 Å². The molecule has 2 fully saturated rings. The molecule has 29 heavy (non-hydrogen) atoms. The van der Waals surface area contributed by atoms with Crippen LogP contribution in [-0.4, -0.2) is 46.3 Å². The van der Waals surface area contributed by atoms with E-state index in [1.54, 1.807) is 0 Å². The van der Waals surface area contributed by atoms with E-state index >= 15 is 0 Å². The van der Waals surface area contributed by atoms with Gasteiger partial charge in [-0.1, -0.05) is 0 Å². The minimum absolute atomic E-state index is 0.151. The molecule has 0 spiro atoms. The van der Waals surface area contributed by atoms with Crippen LogP contribution in [0.2, 0.25) is 0 Å². The molecule has 0 heterocycles. The first-order valence-electron chi connectivity index (χ1n) is 10.2. The SMILES string of the molecule is CC(=O)O.CC(=O)O.CC(=O)OC1CCC(CC2CCC(OC(C)=O)CC2)CC1. The molecule has 0 aliphatic heterocycles. The van der Waals surface area contributed by atoms with Gasteiger partial charge in [0.25, 0.3) is 11.9 Å². The quantitative estimate of drug-likeness (QED) is 0.662. The topological polar surface area (TPSA) is 127 Å². The molecule has 2 aliphatic carbocycles. The summed E-state index contributed by atoms with van der Waals surface area (Å²) in [5, 5.41) is 14.8. The minimum atomic E-state index is -0.833. The first-order chi connectivity index (χ1) is 13.5. The molecular formula is C21H36O8. The predicted molar refractivity (Wildman–Crippen MR) is 106 cm³/mol. The Bertz CT molecular complexity index is 461. The first kappa shape index (κ1) is 26.9. The van der Waals surface area contributed by atoms with Crippen molar-refractivity contribution in [2.24, 2.45) is 11.8 Å². The standard InChI is InChI=1S/C17H28O4.2C2H4O2/c1-12(18)20-16-7-3-14(4-8-16)11-15-5-9-17(10-6-15)21-13(2)19;2*1-2(3)4/h14-17H,3-11H2,1-2H3;2*1H3,(H,3,4). The lowest BCUT2D eigenvalue weighted by molar-refractivity contribution is -0.148. The summed E-state index contributed by atoms with van der Waals surface area (Å²) in [6.07, 6.45) is 10.4. The lowest BCUT2D eigenvalue weighted by Crippen LogP contribution is -2.27. The molecule has 0 saturated heterocycles. The summed E-state index contributed by atoms with van der Waals surface area (Å²) in [5.74, 6) is -0.399. The normalized spacial score (nSPS) is 25.8. The number of carbonyl (C=O) groups is 4. The molecule has 2 saturated carbocycles. The molecule has 8 heteroatoms. The predicted octanol–water partition coefficient (Wildman–Crippen LogP) is 3.80. The summed E-state index contributed by atoms with van der Waals surface area (Å²) in [6.45, 7) is 5.15. The number of hydrogen-bond donors (Lipinski definition) is 2. The van der Waals surface area contributed by atoms with E-state index in [0.717, 1.165) is 51.4 Å². The van der Waals surface area contributed by atoms with Gasteiger partial charge < -0.3 is 19.7 Å². The summed E-state index contributed by atoms with van der Waals surface area (Å²) in [4.78, 5) is 39.9. The Kier molecular flexibility index (Phi) is 13.7. The molecule has 0 unspecified atom stereocenters. The van der Waals surface area contributed by atoms with Crippen LogP contribution in [0.25, 0.3) is 0 Å². The van der Waals surface area contributed by atoms with Crippen LogP contribution in [0.15, 0.2) is 0 Å². The Balaban J connectivity index is 0.000000837. The van der Waals surface area contributed by atoms with Gasteiger partial charge in [-0.2, -0.15) is 0 Å². The van der Waals surface area contributed by atoms with Gasteiger partial charge in [0.1, 0.15) is 12.2 Å². The van der Waals surface area contributed by atoms with E-state index in [2.05, 4.69) is 0 Å². The molecule has 0 bridgehead atoms. The summed E-state index contributed by atoms with van der Waals surface area (Å²) in [7, 11) is 0. The monoisotopic (exact) mass is 416 g/mol. The molecule has 0 radical (unpaired) electrons. The summed E-state index contributed by atoms with van der Waals surface area (Å²) in [6, 6.07) is 0. The number of carbonyl (C=O) groups excluding carboxylic acids is 2. The number of esters is 2. The van der Waals surface area contributed by atoms with Crippen molar-refractivity contribution in [3.8, 4) is 0 Å². The van der Waals surface area contributed by atoms with Gasteiger partial charge in [-0.05, 0) is 69.6 Å². The zero-order valence-corrected chi connectivity index (χ0v) is 18.0. The van der Waals surface area contributed by atoms with Crippen molar-refractivity contribution in [3.63, 3.8) is 0 Å². The first-order valence-corrected chi connectivity index (χ1v) is 10.2. The number of carboxylic acids is 2. The van der Waals surface area contributed by atoms with E-state index in [9.17, 15) is 9.59 Å². The van der Waals surface area contributed by atoms with Crippen molar-refractivity contribution in [3.05, 3.63) is 0 Å². The molecule has 2 N–H and O–H groups in total. The fourth-order valence-corrected chi connectivity index (χ4v) is 3.91. The van der Waals surface area contributed by atoms with E-state index in [1.807, 2.05) is 0 Å². The third-order valence-corrected chi connectivity index (χ3v) is 4.92. The van der Waals surface area contributed by atoms with Crippen LogP contribution in [0.4, 0.5) is 0 Å². The van der Waals surface area contributed by atoms with Crippen LogP contribution in [0.3, 0.4) is 0 Å². The summed E-state index contributed by atoms with van der Waals surface area (Å²) >= 11 is 0. The van der Waals surface area contributed by atoms with Gasteiger partial charge in [0.2, 0.25) is 0 Å². The molecule has 0 aromatic carbocycles. The molecule has 8 nitrogen and oxygen atoms in total. The average Bonchev–Trinajstić information content (AvgIpc) is 2.56. The van der Waals surface area contributed by atoms with Gasteiger partial charge in [-0.15, -0.1) is 0 Å². The second kappa shape index (κ2) is 14.8. The van der Waals surface area contributed by atoms with Crippen LogP contribution in [0.5, 0.6) is 0 Å². The van der Waals surface area contributed by atoms with Gasteiger partial charge in [-0.25, -0.2) is 0 Å². The zero-order chi connectivity index (χ0) is 22.4. The minimum Gasteiger partial charge on any atom is -0.481 e. The van der Waals surface area contributed by atoms with Crippen molar-refractivity contribution in [2.45, 2.75) is 97.7 Å². The number of aliphatic carboxylic acids is 2. The van der Waals surface area contributed by atoms with Crippen molar-refractivity contribution in [1.29, 1.82) is 0 Å². The molecule has 0 amide bonds. The molecule has 2 aliphatic rings. The lowest BCUT2D eigenvalue weighted by atomic mass is 9.76. The van der Waals surface area contributed by atoms with E-state index in [4.69, 9.17) is 29.3 Å². The highest BCUT2D eigenvalue weighted by atomic mass is 16.5. The lowest BCUT2D eigenvalue weighted by Gasteiger charge is -2.33. The van der Waals surface area contributed by atoms with E-state index < -0.39 is 11.9 Å². The van der Waals surface area contributed by atoms with Crippen LogP contribution in [-0.2, 0) is 28.7 Å². The summed E-state index contributed by atoms with van der Waals surface area (Å²) < 4.78 is 10.6. The number of rotatable bonds is 4. The molecular weight excluding hydrogens is 380 g/mol. The van der Waals surface area contributed by atoms with Crippen LogP contribution >= 0.6 is 0 Å². The smallest absolute Gasteiger partial charge is 0.302 e. The Morgan fingerprint density at radius 3 is 1.07 bits per heavy atom. The van der Waals surface area contributed by atoms with Crippen molar-refractivity contribution in [1.82, 2.24) is 0 Å². The highest BCUT2D eigenvalue weighted by Gasteiger charge is 2.28. The molecule has 0 aromatic rings. The van der Waals surface area contributed by atoms with Crippen molar-refractivity contribution in [2.75, 3.05) is 0 Å². The maximum Gasteiger partial charge on any atom is 0.302 e. The van der Waals surface area contributed by atoms with Gasteiger partial charge in [0, 0.05) is 27.7 Å². The Labute approximate surface area is 172 Å². The Morgan fingerprint density at radius 2 is 0.862 bits per heavy atom. The van der Waals surface area contributed by atoms with Gasteiger partial charge in [0.15, 0.2) is 0 Å². The fourth-order valence-electron chi connectivity index (χ4n) is 3.91. The van der Waals surface area contributed by atoms with Gasteiger partial charge in [-0.3, -0.25) is 19.2 Å². The third kappa shape index (κ3) is 16.5. The van der Waals surface area contributed by atoms with Crippen molar-refractivity contribution < 1.29 is 38.9 Å². The van der Waals surface area contributed by atoms with Crippen LogP contribution in [0.1, 0.15) is 85.5 Å². The van der Waals surface area contributed by atoms with E-state index in [1.165, 1.54) is 46.0 Å². The number of ether oxygens (including phenoxy) is 2. The Hall–Kier alpha value is -2.12. The second-order valence-electron chi connectivity index (χ2n) is 7.78. The number of carboxylic acid groups (broad SMARTS) is 2. The van der Waals surface area contributed by atoms with Crippen molar-refractivity contribution >= 4 is 23.9 Å². The molecule has 2 rings (SSSR count).